The van der Waals surface area contributed by atoms with Gasteiger partial charge in [-0.3, -0.25) is 0 Å². The van der Waals surface area contributed by atoms with E-state index in [-0.39, 0.29) is 0 Å². The number of ether oxygens (including phenoxy) is 1. The number of H-pyrrole nitrogens is 1. The van der Waals surface area contributed by atoms with Crippen molar-refractivity contribution in [3.63, 3.8) is 0 Å². The quantitative estimate of drug-likeness (QED) is 0.627. The number of hydrogen-bond acceptors (Lipinski definition) is 5. The van der Waals surface area contributed by atoms with E-state index in [0.29, 0.717) is 12.6 Å². The van der Waals surface area contributed by atoms with E-state index in [1.165, 1.54) is 0 Å². The first-order chi connectivity index (χ1) is 11.3. The lowest BCUT2D eigenvalue weighted by Gasteiger charge is -2.02. The van der Waals surface area contributed by atoms with Crippen molar-refractivity contribution < 1.29 is 4.74 Å². The van der Waals surface area contributed by atoms with Crippen LogP contribution in [0.25, 0.3) is 33.2 Å². The molecule has 0 aliphatic carbocycles. The molecule has 0 fully saturated rings. The molecule has 116 valence electrons. The van der Waals surface area contributed by atoms with Gasteiger partial charge in [-0.25, -0.2) is 9.67 Å². The minimum Gasteiger partial charge on any atom is -0.464 e. The van der Waals surface area contributed by atoms with Crippen LogP contribution in [0.15, 0.2) is 30.6 Å². The molecule has 0 aliphatic heterocycles. The summed E-state index contributed by atoms with van der Waals surface area (Å²) in [5.41, 5.74) is 4.81. The Hall–Kier alpha value is -2.96. The van der Waals surface area contributed by atoms with E-state index in [0.717, 1.165) is 39.7 Å². The van der Waals surface area contributed by atoms with E-state index in [2.05, 4.69) is 38.3 Å². The van der Waals surface area contributed by atoms with Crippen LogP contribution in [0, 0.1) is 0 Å². The van der Waals surface area contributed by atoms with Crippen molar-refractivity contribution in [2.75, 3.05) is 6.61 Å². The van der Waals surface area contributed by atoms with E-state index in [4.69, 9.17) is 4.74 Å². The largest absolute Gasteiger partial charge is 0.464 e. The number of aromatic amines is 1. The fourth-order valence-electron chi connectivity index (χ4n) is 2.69. The van der Waals surface area contributed by atoms with Gasteiger partial charge in [-0.05, 0) is 31.5 Å². The number of aromatic nitrogens is 6. The summed E-state index contributed by atoms with van der Waals surface area (Å²) < 4.78 is 7.23. The molecular weight excluding hydrogens is 292 g/mol. The smallest absolute Gasteiger partial charge is 0.318 e. The summed E-state index contributed by atoms with van der Waals surface area (Å²) in [6, 6.07) is 6.50. The Morgan fingerprint density at radius 3 is 3.00 bits per heavy atom. The normalized spacial score (nSPS) is 11.4. The number of nitrogens with zero attached hydrogens (tertiary/aromatic N) is 5. The summed E-state index contributed by atoms with van der Waals surface area (Å²) in [5, 5.41) is 9.28. The lowest BCUT2D eigenvalue weighted by atomic mass is 10.1. The van der Waals surface area contributed by atoms with E-state index >= 15 is 0 Å². The third kappa shape index (κ3) is 2.21. The van der Waals surface area contributed by atoms with Gasteiger partial charge < -0.3 is 9.72 Å². The second-order valence-electron chi connectivity index (χ2n) is 5.16. The average molecular weight is 308 g/mol. The first-order valence-corrected chi connectivity index (χ1v) is 7.60. The summed E-state index contributed by atoms with van der Waals surface area (Å²) in [4.78, 5) is 11.8. The first-order valence-electron chi connectivity index (χ1n) is 7.60. The van der Waals surface area contributed by atoms with E-state index in [1.807, 2.05) is 29.9 Å². The number of aryl methyl sites for hydroxylation is 1. The molecule has 0 atom stereocenters. The second kappa shape index (κ2) is 5.35. The van der Waals surface area contributed by atoms with Gasteiger partial charge in [0.1, 0.15) is 11.2 Å². The molecule has 0 unspecified atom stereocenters. The Labute approximate surface area is 132 Å². The van der Waals surface area contributed by atoms with Gasteiger partial charge in [-0.15, -0.1) is 5.10 Å². The maximum Gasteiger partial charge on any atom is 0.318 e. The monoisotopic (exact) mass is 308 g/mol. The highest BCUT2D eigenvalue weighted by molar-refractivity contribution is 5.95. The zero-order valence-electron chi connectivity index (χ0n) is 12.9. The summed E-state index contributed by atoms with van der Waals surface area (Å²) >= 11 is 0. The number of benzene rings is 1. The molecule has 4 rings (SSSR count). The SMILES string of the molecule is CCOc1ncc2c(-c3ccc4nnn(CC)c4c3)c[nH]c2n1. The number of hydrogen-bond donors (Lipinski definition) is 1. The number of fused-ring (bicyclic) bond motifs is 2. The number of nitrogens with one attached hydrogen (secondary N) is 1. The van der Waals surface area contributed by atoms with Gasteiger partial charge in [0.15, 0.2) is 0 Å². The third-order valence-corrected chi connectivity index (χ3v) is 3.81. The highest BCUT2D eigenvalue weighted by atomic mass is 16.5. The molecule has 0 saturated carbocycles. The predicted molar refractivity (Wildman–Crippen MR) is 87.3 cm³/mol. The van der Waals surface area contributed by atoms with Crippen molar-refractivity contribution in [3.8, 4) is 17.1 Å². The van der Waals surface area contributed by atoms with E-state index in [9.17, 15) is 0 Å². The molecule has 0 saturated heterocycles. The summed E-state index contributed by atoms with van der Waals surface area (Å²) in [5.74, 6) is 0. The fourth-order valence-corrected chi connectivity index (χ4v) is 2.69. The van der Waals surface area contributed by atoms with Crippen molar-refractivity contribution in [3.05, 3.63) is 30.6 Å². The van der Waals surface area contributed by atoms with Crippen molar-refractivity contribution in [2.24, 2.45) is 0 Å². The van der Waals surface area contributed by atoms with Crippen LogP contribution in [-0.2, 0) is 6.54 Å². The van der Waals surface area contributed by atoms with Crippen LogP contribution in [0.4, 0.5) is 0 Å². The van der Waals surface area contributed by atoms with Gasteiger partial charge in [0, 0.05) is 29.9 Å². The molecule has 23 heavy (non-hydrogen) atoms. The minimum atomic E-state index is 0.386. The Morgan fingerprint density at radius 2 is 2.17 bits per heavy atom. The van der Waals surface area contributed by atoms with Crippen molar-refractivity contribution >= 4 is 22.1 Å². The molecule has 0 spiro atoms. The molecule has 0 radical (unpaired) electrons. The molecule has 3 aromatic heterocycles. The van der Waals surface area contributed by atoms with Crippen LogP contribution < -0.4 is 4.74 Å². The maximum atomic E-state index is 5.34. The predicted octanol–water partition coefficient (Wildman–Crippen LogP) is 2.79. The van der Waals surface area contributed by atoms with Crippen molar-refractivity contribution in [1.29, 1.82) is 0 Å². The molecule has 0 bridgehead atoms. The molecule has 3 heterocycles. The highest BCUT2D eigenvalue weighted by Crippen LogP contribution is 2.30. The fraction of sp³-hybridized carbons (Fsp3) is 0.250. The molecular formula is C16H16N6O. The van der Waals surface area contributed by atoms with E-state index < -0.39 is 0 Å². The maximum absolute atomic E-state index is 5.34. The molecule has 0 aliphatic rings. The Kier molecular flexibility index (Phi) is 3.18. The van der Waals surface area contributed by atoms with Crippen LogP contribution in [-0.4, -0.2) is 36.6 Å². The van der Waals surface area contributed by atoms with Gasteiger partial charge in [0.2, 0.25) is 0 Å². The summed E-state index contributed by atoms with van der Waals surface area (Å²) in [6.07, 6.45) is 3.73. The Bertz CT molecular complexity index is 987. The molecule has 0 amide bonds. The van der Waals surface area contributed by atoms with Crippen molar-refractivity contribution in [2.45, 2.75) is 20.4 Å². The number of rotatable bonds is 4. The highest BCUT2D eigenvalue weighted by Gasteiger charge is 2.11. The van der Waals surface area contributed by atoms with E-state index in [1.54, 1.807) is 6.20 Å². The first kappa shape index (κ1) is 13.7. The van der Waals surface area contributed by atoms with Gasteiger partial charge in [-0.1, -0.05) is 11.3 Å². The van der Waals surface area contributed by atoms with Crippen LogP contribution in [0.2, 0.25) is 0 Å². The second-order valence-corrected chi connectivity index (χ2v) is 5.16. The van der Waals surface area contributed by atoms with Gasteiger partial charge in [-0.2, -0.15) is 4.98 Å². The molecule has 7 heteroatoms. The molecule has 4 aromatic rings. The Balaban J connectivity index is 1.85. The molecule has 1 aromatic carbocycles. The standard InChI is InChI=1S/C16H16N6O/c1-3-22-14-7-10(5-6-13(14)20-21-22)11-8-17-15-12(11)9-18-16(19-15)23-4-2/h5-9H,3-4H2,1-2H3,(H,17,18,19). The lowest BCUT2D eigenvalue weighted by molar-refractivity contribution is 0.314. The van der Waals surface area contributed by atoms with Crippen LogP contribution in [0.1, 0.15) is 13.8 Å². The van der Waals surface area contributed by atoms with Crippen LogP contribution in [0.5, 0.6) is 6.01 Å². The zero-order chi connectivity index (χ0) is 15.8. The van der Waals surface area contributed by atoms with Gasteiger partial charge >= 0.3 is 6.01 Å². The molecule has 7 nitrogen and oxygen atoms in total. The topological polar surface area (TPSA) is 81.5 Å². The summed E-state index contributed by atoms with van der Waals surface area (Å²) in [7, 11) is 0. The minimum absolute atomic E-state index is 0.386. The lowest BCUT2D eigenvalue weighted by Crippen LogP contribution is -1.97. The zero-order valence-corrected chi connectivity index (χ0v) is 12.9. The summed E-state index contributed by atoms with van der Waals surface area (Å²) in [6.45, 7) is 5.29. The van der Waals surface area contributed by atoms with Crippen LogP contribution in [0.3, 0.4) is 0 Å². The van der Waals surface area contributed by atoms with Gasteiger partial charge in [0.05, 0.1) is 12.1 Å². The van der Waals surface area contributed by atoms with Crippen molar-refractivity contribution in [1.82, 2.24) is 29.9 Å². The third-order valence-electron chi connectivity index (χ3n) is 3.81. The average Bonchev–Trinajstić information content (AvgIpc) is 3.17. The molecule has 1 N–H and O–H groups in total. The van der Waals surface area contributed by atoms with Gasteiger partial charge in [0.25, 0.3) is 0 Å². The Morgan fingerprint density at radius 1 is 1.26 bits per heavy atom. The van der Waals surface area contributed by atoms with Crippen LogP contribution >= 0.6 is 0 Å².